The van der Waals surface area contributed by atoms with E-state index in [1.165, 1.54) is 31.0 Å². The second kappa shape index (κ2) is 8.03. The first-order valence-electron chi connectivity index (χ1n) is 8.71. The lowest BCUT2D eigenvalue weighted by molar-refractivity contribution is -0.134. The van der Waals surface area contributed by atoms with Crippen LogP contribution in [0.25, 0.3) is 0 Å². The van der Waals surface area contributed by atoms with Crippen molar-refractivity contribution in [1.29, 1.82) is 0 Å². The van der Waals surface area contributed by atoms with E-state index in [2.05, 4.69) is 10.2 Å². The fourth-order valence-electron chi connectivity index (χ4n) is 3.72. The maximum Gasteiger partial charge on any atom is 0.239 e. The highest BCUT2D eigenvalue weighted by Gasteiger charge is 2.35. The van der Waals surface area contributed by atoms with Gasteiger partial charge in [-0.15, -0.1) is 0 Å². The van der Waals surface area contributed by atoms with Gasteiger partial charge < -0.3 is 10.1 Å². The third-order valence-electron chi connectivity index (χ3n) is 5.00. The molecule has 0 spiro atoms. The van der Waals surface area contributed by atoms with Gasteiger partial charge in [-0.1, -0.05) is 18.9 Å². The average molecular weight is 338 g/mol. The Bertz CT molecular complexity index is 556. The summed E-state index contributed by atoms with van der Waals surface area (Å²) in [6.07, 6.45) is 4.82. The van der Waals surface area contributed by atoms with E-state index in [1.807, 2.05) is 0 Å². The molecule has 2 aliphatic rings. The molecule has 1 atom stereocenters. The molecule has 1 saturated carbocycles. The zero-order chi connectivity index (χ0) is 16.9. The monoisotopic (exact) mass is 338 g/mol. The highest BCUT2D eigenvalue weighted by Crippen LogP contribution is 2.26. The molecule has 0 bridgehead atoms. The number of nitrogens with one attached hydrogen (secondary N) is 1. The van der Waals surface area contributed by atoms with E-state index in [0.29, 0.717) is 19.3 Å². The van der Waals surface area contributed by atoms with Crippen LogP contribution in [0, 0.1) is 11.6 Å². The van der Waals surface area contributed by atoms with Crippen LogP contribution >= 0.6 is 0 Å². The fraction of sp³-hybridized carbons (Fsp3) is 0.611. The molecule has 1 aromatic carbocycles. The lowest BCUT2D eigenvalue weighted by Crippen LogP contribution is -2.56. The number of hydrogen-bond acceptors (Lipinski definition) is 3. The smallest absolute Gasteiger partial charge is 0.239 e. The summed E-state index contributed by atoms with van der Waals surface area (Å²) in [5.74, 6) is -1.26. The molecule has 24 heavy (non-hydrogen) atoms. The van der Waals surface area contributed by atoms with Crippen molar-refractivity contribution in [2.75, 3.05) is 26.3 Å². The van der Waals surface area contributed by atoms with Gasteiger partial charge in [-0.2, -0.15) is 0 Å². The SMILES string of the molecule is O=C(NCCc1c(F)cccc1F)C1COCCN1C1CCCC1. The Morgan fingerprint density at radius 1 is 1.25 bits per heavy atom. The molecule has 3 rings (SSSR count). The number of hydrogen-bond donors (Lipinski definition) is 1. The highest BCUT2D eigenvalue weighted by atomic mass is 19.1. The number of nitrogens with zero attached hydrogens (tertiary/aromatic N) is 1. The van der Waals surface area contributed by atoms with Gasteiger partial charge in [0.1, 0.15) is 17.7 Å². The molecule has 1 heterocycles. The molecule has 1 amide bonds. The second-order valence-electron chi connectivity index (χ2n) is 6.51. The average Bonchev–Trinajstić information content (AvgIpc) is 3.12. The largest absolute Gasteiger partial charge is 0.378 e. The van der Waals surface area contributed by atoms with Crippen LogP contribution in [0.5, 0.6) is 0 Å². The van der Waals surface area contributed by atoms with Gasteiger partial charge in [-0.3, -0.25) is 9.69 Å². The maximum atomic E-state index is 13.6. The molecule has 1 aliphatic carbocycles. The Balaban J connectivity index is 1.55. The van der Waals surface area contributed by atoms with Crippen molar-refractivity contribution >= 4 is 5.91 Å². The molecule has 2 fully saturated rings. The molecule has 6 heteroatoms. The van der Waals surface area contributed by atoms with Crippen LogP contribution in [0.2, 0.25) is 0 Å². The topological polar surface area (TPSA) is 41.6 Å². The number of amides is 1. The van der Waals surface area contributed by atoms with Gasteiger partial charge >= 0.3 is 0 Å². The molecule has 0 aromatic heterocycles. The number of carbonyl (C=O) groups excluding carboxylic acids is 1. The Kier molecular flexibility index (Phi) is 5.79. The predicted octanol–water partition coefficient (Wildman–Crippen LogP) is 2.27. The zero-order valence-electron chi connectivity index (χ0n) is 13.8. The number of carbonyl (C=O) groups is 1. The molecular weight excluding hydrogens is 314 g/mol. The van der Waals surface area contributed by atoms with E-state index in [9.17, 15) is 13.6 Å². The first-order valence-corrected chi connectivity index (χ1v) is 8.71. The molecular formula is C18H24F2N2O2. The summed E-state index contributed by atoms with van der Waals surface area (Å²) in [5, 5.41) is 2.81. The Morgan fingerprint density at radius 3 is 2.67 bits per heavy atom. The standard InChI is InChI=1S/C18H24F2N2O2/c19-15-6-3-7-16(20)14(15)8-9-21-18(23)17-12-24-11-10-22(17)13-4-1-2-5-13/h3,6-7,13,17H,1-2,4-5,8-12H2,(H,21,23). The van der Waals surface area contributed by atoms with Gasteiger partial charge in [0.05, 0.1) is 13.2 Å². The number of morpholine rings is 1. The molecule has 1 aliphatic heterocycles. The Morgan fingerprint density at radius 2 is 1.96 bits per heavy atom. The minimum atomic E-state index is -0.571. The third kappa shape index (κ3) is 3.92. The van der Waals surface area contributed by atoms with Crippen molar-refractivity contribution in [3.8, 4) is 0 Å². The van der Waals surface area contributed by atoms with Crippen LogP contribution in [0.4, 0.5) is 8.78 Å². The van der Waals surface area contributed by atoms with Crippen LogP contribution in [0.1, 0.15) is 31.2 Å². The fourth-order valence-corrected chi connectivity index (χ4v) is 3.72. The second-order valence-corrected chi connectivity index (χ2v) is 6.51. The summed E-state index contributed by atoms with van der Waals surface area (Å²) in [7, 11) is 0. The summed E-state index contributed by atoms with van der Waals surface area (Å²) in [5.41, 5.74) is 0.0188. The summed E-state index contributed by atoms with van der Waals surface area (Å²) in [4.78, 5) is 14.8. The van der Waals surface area contributed by atoms with Gasteiger partial charge in [0.15, 0.2) is 0 Å². The Labute approximate surface area is 141 Å². The molecule has 1 unspecified atom stereocenters. The van der Waals surface area contributed by atoms with Gasteiger partial charge in [0.25, 0.3) is 0 Å². The number of benzene rings is 1. The summed E-state index contributed by atoms with van der Waals surface area (Å²) >= 11 is 0. The van der Waals surface area contributed by atoms with Crippen LogP contribution in [0.15, 0.2) is 18.2 Å². The number of rotatable bonds is 5. The number of halogens is 2. The van der Waals surface area contributed by atoms with Crippen molar-refractivity contribution in [1.82, 2.24) is 10.2 Å². The lowest BCUT2D eigenvalue weighted by atomic mass is 10.1. The van der Waals surface area contributed by atoms with Crippen molar-refractivity contribution in [2.45, 2.75) is 44.2 Å². The van der Waals surface area contributed by atoms with Crippen molar-refractivity contribution < 1.29 is 18.3 Å². The normalized spacial score (nSPS) is 22.7. The first-order chi connectivity index (χ1) is 11.7. The molecule has 132 valence electrons. The molecule has 0 radical (unpaired) electrons. The van der Waals surface area contributed by atoms with Crippen LogP contribution in [-0.4, -0.2) is 49.2 Å². The van der Waals surface area contributed by atoms with E-state index in [0.717, 1.165) is 19.4 Å². The minimum absolute atomic E-state index is 0.0188. The van der Waals surface area contributed by atoms with Crippen molar-refractivity contribution in [3.05, 3.63) is 35.4 Å². The zero-order valence-corrected chi connectivity index (χ0v) is 13.8. The molecule has 1 N–H and O–H groups in total. The van der Waals surface area contributed by atoms with Gasteiger partial charge in [-0.25, -0.2) is 8.78 Å². The van der Waals surface area contributed by atoms with E-state index in [-0.39, 0.29) is 30.5 Å². The summed E-state index contributed by atoms with van der Waals surface area (Å²) < 4.78 is 32.7. The van der Waals surface area contributed by atoms with E-state index in [1.54, 1.807) is 0 Å². The third-order valence-corrected chi connectivity index (χ3v) is 5.00. The predicted molar refractivity (Wildman–Crippen MR) is 86.6 cm³/mol. The van der Waals surface area contributed by atoms with Gasteiger partial charge in [0, 0.05) is 24.7 Å². The number of ether oxygens (including phenoxy) is 1. The van der Waals surface area contributed by atoms with Crippen LogP contribution < -0.4 is 5.32 Å². The van der Waals surface area contributed by atoms with Gasteiger partial charge in [-0.05, 0) is 31.4 Å². The summed E-state index contributed by atoms with van der Waals surface area (Å²) in [6, 6.07) is 3.96. The highest BCUT2D eigenvalue weighted by molar-refractivity contribution is 5.82. The lowest BCUT2D eigenvalue weighted by Gasteiger charge is -2.38. The molecule has 4 nitrogen and oxygen atoms in total. The van der Waals surface area contributed by atoms with E-state index in [4.69, 9.17) is 4.74 Å². The van der Waals surface area contributed by atoms with E-state index >= 15 is 0 Å². The molecule has 1 saturated heterocycles. The van der Waals surface area contributed by atoms with Crippen molar-refractivity contribution in [3.63, 3.8) is 0 Å². The van der Waals surface area contributed by atoms with E-state index < -0.39 is 11.6 Å². The minimum Gasteiger partial charge on any atom is -0.378 e. The maximum absolute atomic E-state index is 13.6. The quantitative estimate of drug-likeness (QED) is 0.895. The Hall–Kier alpha value is -1.53. The van der Waals surface area contributed by atoms with Crippen LogP contribution in [-0.2, 0) is 16.0 Å². The van der Waals surface area contributed by atoms with Crippen molar-refractivity contribution in [2.24, 2.45) is 0 Å². The first kappa shape index (κ1) is 17.3. The molecule has 1 aromatic rings. The summed E-state index contributed by atoms with van der Waals surface area (Å²) in [6.45, 7) is 2.02. The van der Waals surface area contributed by atoms with Crippen LogP contribution in [0.3, 0.4) is 0 Å². The van der Waals surface area contributed by atoms with Gasteiger partial charge in [0.2, 0.25) is 5.91 Å².